The molecule has 2 heterocycles. The minimum absolute atomic E-state index is 0.00370. The van der Waals surface area contributed by atoms with E-state index in [1.807, 2.05) is 6.92 Å². The molecule has 0 saturated carbocycles. The lowest BCUT2D eigenvalue weighted by Gasteiger charge is -2.44. The number of allylic oxidation sites excluding steroid dienone is 2. The Bertz CT molecular complexity index is 597. The van der Waals surface area contributed by atoms with Crippen LogP contribution in [-0.2, 0) is 19.1 Å². The fourth-order valence-corrected chi connectivity index (χ4v) is 4.46. The fraction of sp³-hybridized carbons (Fsp3) is 0.600. The number of epoxide rings is 1. The number of carbonyl (C=O) groups is 2. The van der Waals surface area contributed by atoms with Crippen LogP contribution >= 0.6 is 0 Å². The molecule has 2 aliphatic heterocycles. The van der Waals surface area contributed by atoms with Gasteiger partial charge in [0.2, 0.25) is 5.79 Å². The topological polar surface area (TPSA) is 79.0 Å². The second kappa shape index (κ2) is 3.34. The molecule has 4 aliphatic rings. The SMILES string of the molecule is CC1=C[C@@]23C(C=C(C(=O)[O-])[C@@H]2CC(=O)O[C@]32CO2)C1C. The lowest BCUT2D eigenvalue weighted by atomic mass is 9.64. The molecule has 0 aromatic rings. The van der Waals surface area contributed by atoms with Crippen LogP contribution in [0.4, 0.5) is 0 Å². The normalized spacial score (nSPS) is 48.3. The highest BCUT2D eigenvalue weighted by Crippen LogP contribution is 2.69. The fourth-order valence-electron chi connectivity index (χ4n) is 4.46. The van der Waals surface area contributed by atoms with E-state index < -0.39 is 29.1 Å². The van der Waals surface area contributed by atoms with Crippen molar-refractivity contribution in [3.05, 3.63) is 23.3 Å². The van der Waals surface area contributed by atoms with Gasteiger partial charge in [0.15, 0.2) is 0 Å². The Morgan fingerprint density at radius 3 is 2.80 bits per heavy atom. The van der Waals surface area contributed by atoms with Crippen LogP contribution < -0.4 is 5.11 Å². The first-order chi connectivity index (χ1) is 9.41. The predicted octanol–water partition coefficient (Wildman–Crippen LogP) is 0.165. The summed E-state index contributed by atoms with van der Waals surface area (Å²) in [6, 6.07) is 0. The van der Waals surface area contributed by atoms with Gasteiger partial charge in [-0.1, -0.05) is 24.6 Å². The number of carboxylic acid groups (broad SMARTS) is 1. The van der Waals surface area contributed by atoms with E-state index in [0.717, 1.165) is 0 Å². The second-order valence-electron chi connectivity index (χ2n) is 6.32. The summed E-state index contributed by atoms with van der Waals surface area (Å²) in [5.74, 6) is -2.73. The van der Waals surface area contributed by atoms with Gasteiger partial charge in [0.05, 0.1) is 17.8 Å². The van der Waals surface area contributed by atoms with Crippen LogP contribution in [0.2, 0.25) is 0 Å². The quantitative estimate of drug-likeness (QED) is 0.387. The standard InChI is InChI=1S/C15H16O5/c1-7-5-14-10(8(7)2)3-9(13(17)18)11(14)4-12(16)20-15(14)6-19-15/h3,5,8,10-11H,4,6H2,1-2H3,(H,17,18)/p-1/t8?,10?,11-,14+,15+/m0/s1. The molecule has 20 heavy (non-hydrogen) atoms. The molecule has 0 radical (unpaired) electrons. The molecule has 2 fully saturated rings. The molecule has 2 saturated heterocycles. The smallest absolute Gasteiger partial charge is 0.309 e. The van der Waals surface area contributed by atoms with Crippen LogP contribution in [0.15, 0.2) is 23.3 Å². The summed E-state index contributed by atoms with van der Waals surface area (Å²) in [6.45, 7) is 4.45. The summed E-state index contributed by atoms with van der Waals surface area (Å²) in [6.07, 6.45) is 3.93. The molecule has 0 aromatic carbocycles. The van der Waals surface area contributed by atoms with Gasteiger partial charge in [-0.3, -0.25) is 4.79 Å². The first-order valence-corrected chi connectivity index (χ1v) is 6.89. The third-order valence-corrected chi connectivity index (χ3v) is 5.54. The van der Waals surface area contributed by atoms with Crippen molar-refractivity contribution in [3.63, 3.8) is 0 Å². The van der Waals surface area contributed by atoms with Crippen molar-refractivity contribution in [1.29, 1.82) is 0 Å². The summed E-state index contributed by atoms with van der Waals surface area (Å²) in [4.78, 5) is 23.2. The number of hydrogen-bond donors (Lipinski definition) is 0. The molecule has 2 spiro atoms. The van der Waals surface area contributed by atoms with E-state index in [0.29, 0.717) is 6.61 Å². The van der Waals surface area contributed by atoms with Gasteiger partial charge in [0.1, 0.15) is 6.61 Å². The van der Waals surface area contributed by atoms with E-state index in [-0.39, 0.29) is 23.8 Å². The van der Waals surface area contributed by atoms with Crippen LogP contribution in [0.3, 0.4) is 0 Å². The monoisotopic (exact) mass is 275 g/mol. The minimum Gasteiger partial charge on any atom is -0.545 e. The van der Waals surface area contributed by atoms with Gasteiger partial charge in [0, 0.05) is 5.92 Å². The summed E-state index contributed by atoms with van der Waals surface area (Å²) >= 11 is 0. The number of aliphatic carboxylic acids is 1. The Labute approximate surface area is 116 Å². The highest BCUT2D eigenvalue weighted by atomic mass is 16.8. The van der Waals surface area contributed by atoms with Crippen molar-refractivity contribution >= 4 is 11.9 Å². The molecule has 106 valence electrons. The van der Waals surface area contributed by atoms with Gasteiger partial charge in [-0.2, -0.15) is 0 Å². The van der Waals surface area contributed by atoms with Crippen LogP contribution in [0.5, 0.6) is 0 Å². The number of carboxylic acids is 1. The van der Waals surface area contributed by atoms with Crippen LogP contribution in [0.25, 0.3) is 0 Å². The van der Waals surface area contributed by atoms with Crippen molar-refractivity contribution in [2.45, 2.75) is 26.1 Å². The molecule has 0 aromatic heterocycles. The Hall–Kier alpha value is -1.62. The van der Waals surface area contributed by atoms with Gasteiger partial charge >= 0.3 is 5.97 Å². The van der Waals surface area contributed by atoms with Crippen molar-refractivity contribution in [1.82, 2.24) is 0 Å². The van der Waals surface area contributed by atoms with E-state index in [2.05, 4.69) is 13.0 Å². The maximum absolute atomic E-state index is 11.8. The summed E-state index contributed by atoms with van der Waals surface area (Å²) in [7, 11) is 0. The number of ether oxygens (including phenoxy) is 2. The van der Waals surface area contributed by atoms with E-state index in [4.69, 9.17) is 9.47 Å². The van der Waals surface area contributed by atoms with E-state index in [9.17, 15) is 14.7 Å². The first kappa shape index (κ1) is 12.1. The zero-order valence-corrected chi connectivity index (χ0v) is 11.3. The summed E-state index contributed by atoms with van der Waals surface area (Å²) < 4.78 is 11.0. The molecular formula is C15H15O5-. The highest BCUT2D eigenvalue weighted by Gasteiger charge is 2.76. The molecule has 5 nitrogen and oxygen atoms in total. The Morgan fingerprint density at radius 2 is 2.20 bits per heavy atom. The molecule has 0 N–H and O–H groups in total. The number of esters is 1. The molecule has 0 amide bonds. The Balaban J connectivity index is 1.91. The van der Waals surface area contributed by atoms with Gasteiger partial charge in [0.25, 0.3) is 0 Å². The minimum atomic E-state index is -1.19. The average molecular weight is 275 g/mol. The van der Waals surface area contributed by atoms with E-state index >= 15 is 0 Å². The lowest BCUT2D eigenvalue weighted by molar-refractivity contribution is -0.300. The first-order valence-electron chi connectivity index (χ1n) is 6.89. The van der Waals surface area contributed by atoms with Crippen molar-refractivity contribution < 1.29 is 24.2 Å². The van der Waals surface area contributed by atoms with Gasteiger partial charge < -0.3 is 19.4 Å². The molecular weight excluding hydrogens is 260 g/mol. The largest absolute Gasteiger partial charge is 0.545 e. The second-order valence-corrected chi connectivity index (χ2v) is 6.32. The van der Waals surface area contributed by atoms with Gasteiger partial charge in [-0.15, -0.1) is 0 Å². The Morgan fingerprint density at radius 1 is 1.50 bits per heavy atom. The molecule has 2 aliphatic carbocycles. The maximum Gasteiger partial charge on any atom is 0.309 e. The Kier molecular flexibility index (Phi) is 2.03. The zero-order valence-electron chi connectivity index (χ0n) is 11.3. The molecule has 4 rings (SSSR count). The lowest BCUT2D eigenvalue weighted by Crippen LogP contribution is -2.53. The highest BCUT2D eigenvalue weighted by molar-refractivity contribution is 5.89. The average Bonchev–Trinajstić information content (AvgIpc) is 2.98. The van der Waals surface area contributed by atoms with Crippen molar-refractivity contribution in [2.24, 2.45) is 23.2 Å². The number of hydrogen-bond acceptors (Lipinski definition) is 5. The van der Waals surface area contributed by atoms with Crippen LogP contribution in [0.1, 0.15) is 20.3 Å². The summed E-state index contributed by atoms with van der Waals surface area (Å²) in [5, 5.41) is 11.4. The molecule has 5 heteroatoms. The number of rotatable bonds is 1. The third-order valence-electron chi connectivity index (χ3n) is 5.54. The third kappa shape index (κ3) is 1.14. The van der Waals surface area contributed by atoms with Crippen LogP contribution in [0, 0.1) is 23.2 Å². The van der Waals surface area contributed by atoms with Crippen LogP contribution in [-0.4, -0.2) is 24.3 Å². The molecule has 0 bridgehead atoms. The van der Waals surface area contributed by atoms with E-state index in [1.165, 1.54) is 5.57 Å². The zero-order chi connectivity index (χ0) is 14.3. The summed E-state index contributed by atoms with van der Waals surface area (Å²) in [5.41, 5.74) is 0.874. The predicted molar refractivity (Wildman–Crippen MR) is 64.8 cm³/mol. The van der Waals surface area contributed by atoms with Crippen molar-refractivity contribution in [3.8, 4) is 0 Å². The van der Waals surface area contributed by atoms with Gasteiger partial charge in [-0.05, 0) is 24.3 Å². The van der Waals surface area contributed by atoms with Crippen molar-refractivity contribution in [2.75, 3.05) is 6.61 Å². The van der Waals surface area contributed by atoms with E-state index in [1.54, 1.807) is 6.08 Å². The molecule has 5 atom stereocenters. The molecule has 2 unspecified atom stereocenters. The maximum atomic E-state index is 11.8. The van der Waals surface area contributed by atoms with Gasteiger partial charge in [-0.25, -0.2) is 0 Å². The number of carbonyl (C=O) groups excluding carboxylic acids is 2.